The first-order chi connectivity index (χ1) is 8.22. The molecule has 0 radical (unpaired) electrons. The van der Waals surface area contributed by atoms with Gasteiger partial charge in [0.05, 0.1) is 0 Å². The van der Waals surface area contributed by atoms with Gasteiger partial charge in [-0.3, -0.25) is 0 Å². The number of sulfone groups is 1. The van der Waals surface area contributed by atoms with Gasteiger partial charge in [0.15, 0.2) is 14.9 Å². The zero-order valence-corrected chi connectivity index (χ0v) is 12.1. The zero-order chi connectivity index (χ0) is 13.8. The van der Waals surface area contributed by atoms with Crippen molar-refractivity contribution in [2.75, 3.05) is 11.3 Å². The topological polar surface area (TPSA) is 80.3 Å². The molecule has 0 saturated carbocycles. The number of benzene rings is 1. The van der Waals surface area contributed by atoms with Gasteiger partial charge in [0, 0.05) is 18.7 Å². The molecular formula is C10H14ClNO4S2. The Bertz CT molecular complexity index is 593. The fourth-order valence-electron chi connectivity index (χ4n) is 1.26. The second kappa shape index (κ2) is 6.01. The molecule has 102 valence electrons. The van der Waals surface area contributed by atoms with Crippen LogP contribution in [-0.4, -0.2) is 28.2 Å². The van der Waals surface area contributed by atoms with Gasteiger partial charge in [-0.05, 0) is 11.1 Å². The fraction of sp³-hybridized carbons (Fsp3) is 0.400. The van der Waals surface area contributed by atoms with Crippen molar-refractivity contribution in [2.45, 2.75) is 12.4 Å². The highest BCUT2D eigenvalue weighted by Crippen LogP contribution is 2.07. The van der Waals surface area contributed by atoms with E-state index in [1.807, 2.05) is 0 Å². The van der Waals surface area contributed by atoms with Crippen LogP contribution in [0.4, 0.5) is 0 Å². The second-order valence-corrected chi connectivity index (χ2v) is 8.51. The molecule has 0 amide bonds. The zero-order valence-electron chi connectivity index (χ0n) is 9.76. The molecule has 0 aromatic heterocycles. The molecular weight excluding hydrogens is 298 g/mol. The van der Waals surface area contributed by atoms with Crippen LogP contribution in [-0.2, 0) is 32.3 Å². The van der Waals surface area contributed by atoms with E-state index in [0.717, 1.165) is 17.4 Å². The summed E-state index contributed by atoms with van der Waals surface area (Å²) >= 11 is 5.62. The van der Waals surface area contributed by atoms with E-state index in [1.54, 1.807) is 24.3 Å². The average Bonchev–Trinajstić information content (AvgIpc) is 2.24. The summed E-state index contributed by atoms with van der Waals surface area (Å²) in [5.74, 6) is 0.389. The van der Waals surface area contributed by atoms with Crippen LogP contribution in [0, 0.1) is 0 Å². The van der Waals surface area contributed by atoms with Gasteiger partial charge in [0.1, 0.15) is 0 Å². The van der Waals surface area contributed by atoms with Gasteiger partial charge in [-0.15, -0.1) is 11.6 Å². The monoisotopic (exact) mass is 311 g/mol. The van der Waals surface area contributed by atoms with Crippen LogP contribution in [0.3, 0.4) is 0 Å². The Morgan fingerprint density at radius 1 is 1.06 bits per heavy atom. The lowest BCUT2D eigenvalue weighted by Gasteiger charge is -2.06. The maximum absolute atomic E-state index is 11.4. The first-order valence-electron chi connectivity index (χ1n) is 5.01. The molecule has 0 fully saturated rings. The minimum Gasteiger partial charge on any atom is -0.228 e. The number of sulfonamides is 1. The lowest BCUT2D eigenvalue weighted by molar-refractivity contribution is 0.580. The minimum absolute atomic E-state index is 0.0560. The van der Waals surface area contributed by atoms with Crippen molar-refractivity contribution >= 4 is 31.5 Å². The maximum atomic E-state index is 11.4. The molecule has 0 atom stereocenters. The lowest BCUT2D eigenvalue weighted by Crippen LogP contribution is -2.29. The van der Waals surface area contributed by atoms with E-state index in [2.05, 4.69) is 4.72 Å². The third-order valence-electron chi connectivity index (χ3n) is 2.04. The molecule has 1 aromatic rings. The lowest BCUT2D eigenvalue weighted by atomic mass is 10.1. The summed E-state index contributed by atoms with van der Waals surface area (Å²) < 4.78 is 46.9. The van der Waals surface area contributed by atoms with E-state index in [9.17, 15) is 16.8 Å². The van der Waals surface area contributed by atoms with Gasteiger partial charge >= 0.3 is 0 Å². The number of hydrogen-bond acceptors (Lipinski definition) is 4. The van der Waals surface area contributed by atoms with Crippen molar-refractivity contribution in [3.8, 4) is 0 Å². The van der Waals surface area contributed by atoms with Crippen LogP contribution in [0.1, 0.15) is 11.1 Å². The van der Waals surface area contributed by atoms with Gasteiger partial charge in [0.25, 0.3) is 0 Å². The Morgan fingerprint density at radius 3 is 2.00 bits per heavy atom. The Kier molecular flexibility index (Phi) is 5.15. The SMILES string of the molecule is CS(=O)(=O)CS(=O)(=O)NCc1ccc(CCl)cc1. The van der Waals surface area contributed by atoms with Gasteiger partial charge < -0.3 is 0 Å². The van der Waals surface area contributed by atoms with Gasteiger partial charge in [-0.1, -0.05) is 24.3 Å². The van der Waals surface area contributed by atoms with Crippen molar-refractivity contribution < 1.29 is 16.8 Å². The van der Waals surface area contributed by atoms with Gasteiger partial charge in [-0.2, -0.15) is 0 Å². The highest BCUT2D eigenvalue weighted by Gasteiger charge is 2.17. The molecule has 5 nitrogen and oxygen atoms in total. The molecule has 0 bridgehead atoms. The normalized spacial score (nSPS) is 12.6. The molecule has 0 aliphatic heterocycles. The number of alkyl halides is 1. The summed E-state index contributed by atoms with van der Waals surface area (Å²) in [6, 6.07) is 7.04. The Labute approximate surface area is 112 Å². The third kappa shape index (κ3) is 5.81. The van der Waals surface area contributed by atoms with E-state index in [-0.39, 0.29) is 6.54 Å². The number of halogens is 1. The van der Waals surface area contributed by atoms with Crippen molar-refractivity contribution in [1.29, 1.82) is 0 Å². The predicted octanol–water partition coefficient (Wildman–Crippen LogP) is 0.847. The smallest absolute Gasteiger partial charge is 0.226 e. The van der Waals surface area contributed by atoms with Crippen LogP contribution < -0.4 is 4.72 Å². The summed E-state index contributed by atoms with van der Waals surface area (Å²) in [6.07, 6.45) is 0.876. The summed E-state index contributed by atoms with van der Waals surface area (Å²) in [5.41, 5.74) is 1.67. The fourth-order valence-corrected chi connectivity index (χ4v) is 4.42. The Morgan fingerprint density at radius 2 is 1.56 bits per heavy atom. The Hall–Kier alpha value is -0.630. The quantitative estimate of drug-likeness (QED) is 0.790. The van der Waals surface area contributed by atoms with Crippen molar-refractivity contribution in [3.63, 3.8) is 0 Å². The summed E-state index contributed by atoms with van der Waals surface area (Å²) in [4.78, 5) is 0. The van der Waals surface area contributed by atoms with Gasteiger partial charge in [-0.25, -0.2) is 21.6 Å². The first-order valence-corrected chi connectivity index (χ1v) is 9.25. The van der Waals surface area contributed by atoms with Crippen molar-refractivity contribution in [2.24, 2.45) is 0 Å². The molecule has 0 aliphatic carbocycles. The van der Waals surface area contributed by atoms with Crippen LogP contribution >= 0.6 is 11.6 Å². The number of nitrogens with one attached hydrogen (secondary N) is 1. The van der Waals surface area contributed by atoms with Crippen LogP contribution in [0.15, 0.2) is 24.3 Å². The molecule has 1 aromatic carbocycles. The molecule has 0 saturated heterocycles. The van der Waals surface area contributed by atoms with Crippen LogP contribution in [0.25, 0.3) is 0 Å². The summed E-state index contributed by atoms with van der Waals surface area (Å²) in [6.45, 7) is 0.0560. The largest absolute Gasteiger partial charge is 0.228 e. The molecule has 0 heterocycles. The second-order valence-electron chi connectivity index (χ2n) is 3.93. The van der Waals surface area contributed by atoms with E-state index in [1.165, 1.54) is 0 Å². The molecule has 1 N–H and O–H groups in total. The van der Waals surface area contributed by atoms with Crippen molar-refractivity contribution in [1.82, 2.24) is 4.72 Å². The van der Waals surface area contributed by atoms with Crippen LogP contribution in [0.5, 0.6) is 0 Å². The highest BCUT2D eigenvalue weighted by molar-refractivity contribution is 8.06. The predicted molar refractivity (Wildman–Crippen MR) is 71.5 cm³/mol. The molecule has 0 unspecified atom stereocenters. The summed E-state index contributed by atoms with van der Waals surface area (Å²) in [5, 5.41) is -0.903. The minimum atomic E-state index is -3.82. The Balaban J connectivity index is 2.64. The van der Waals surface area contributed by atoms with E-state index < -0.39 is 24.9 Å². The third-order valence-corrected chi connectivity index (χ3v) is 5.89. The first kappa shape index (κ1) is 15.4. The number of rotatable bonds is 6. The summed E-state index contributed by atoms with van der Waals surface area (Å²) in [7, 11) is -7.38. The van der Waals surface area contributed by atoms with Crippen molar-refractivity contribution in [3.05, 3.63) is 35.4 Å². The van der Waals surface area contributed by atoms with E-state index in [4.69, 9.17) is 11.6 Å². The molecule has 8 heteroatoms. The van der Waals surface area contributed by atoms with Gasteiger partial charge in [0.2, 0.25) is 10.0 Å². The molecule has 0 spiro atoms. The van der Waals surface area contributed by atoms with E-state index >= 15 is 0 Å². The average molecular weight is 312 g/mol. The maximum Gasteiger partial charge on any atom is 0.226 e. The molecule has 0 aliphatic rings. The van der Waals surface area contributed by atoms with Crippen LogP contribution in [0.2, 0.25) is 0 Å². The standard InChI is InChI=1S/C10H14ClNO4S2/c1-17(13,14)8-18(15,16)12-7-10-4-2-9(6-11)3-5-10/h2-5,12H,6-8H2,1H3. The molecule has 1 rings (SSSR count). The molecule has 18 heavy (non-hydrogen) atoms. The van der Waals surface area contributed by atoms with E-state index in [0.29, 0.717) is 5.88 Å². The highest BCUT2D eigenvalue weighted by atomic mass is 35.5. The number of hydrogen-bond donors (Lipinski definition) is 1.